The standard InChI is InChI=1S/C25H25FNO5P/c1-14(2)22-18-7-5-6-8-21(18)27-23(17-9-10-20(26)15(3)13-17)19(22)11-12-25(16(4)28,24(29)30)33(31)32/h5-10,13-14,16,28,33H,1-4H3,(H,29,30)(H,31,32). The normalized spacial score (nSPS) is 14.9. The minimum absolute atomic E-state index is 0.0700. The molecule has 8 heteroatoms. The van der Waals surface area contributed by atoms with Crippen molar-refractivity contribution in [1.82, 2.24) is 4.98 Å². The van der Waals surface area contributed by atoms with E-state index in [2.05, 4.69) is 11.8 Å². The zero-order chi connectivity index (χ0) is 24.5. The molecule has 3 N–H and O–H groups in total. The molecule has 0 spiro atoms. The summed E-state index contributed by atoms with van der Waals surface area (Å²) in [4.78, 5) is 26.5. The number of aliphatic hydroxyl groups is 1. The van der Waals surface area contributed by atoms with Gasteiger partial charge in [0.2, 0.25) is 13.2 Å². The molecule has 6 nitrogen and oxygen atoms in total. The number of aliphatic hydroxyl groups excluding tert-OH is 1. The molecule has 0 saturated heterocycles. The van der Waals surface area contributed by atoms with Crippen molar-refractivity contribution in [3.05, 3.63) is 65.0 Å². The SMILES string of the molecule is Cc1cc(-c2nc3ccccc3c(C(C)C)c2C#CC(C(=O)O)(C(C)O)[PH](=O)O)ccc1F. The number of aliphatic carboxylic acids is 1. The molecule has 3 unspecified atom stereocenters. The van der Waals surface area contributed by atoms with Gasteiger partial charge in [-0.3, -0.25) is 4.57 Å². The Bertz CT molecular complexity index is 1310. The zero-order valence-corrected chi connectivity index (χ0v) is 19.7. The fourth-order valence-electron chi connectivity index (χ4n) is 3.79. The van der Waals surface area contributed by atoms with E-state index in [1.807, 2.05) is 38.1 Å². The Morgan fingerprint density at radius 3 is 2.39 bits per heavy atom. The number of carboxylic acids is 1. The van der Waals surface area contributed by atoms with Gasteiger partial charge in [0.15, 0.2) is 0 Å². The number of rotatable bonds is 5. The molecule has 0 radical (unpaired) electrons. The highest BCUT2D eigenvalue weighted by atomic mass is 31.1. The van der Waals surface area contributed by atoms with Crippen LogP contribution in [0.15, 0.2) is 42.5 Å². The van der Waals surface area contributed by atoms with Crippen LogP contribution in [0.5, 0.6) is 0 Å². The van der Waals surface area contributed by atoms with E-state index in [0.717, 1.165) is 17.9 Å². The predicted molar refractivity (Wildman–Crippen MR) is 126 cm³/mol. The van der Waals surface area contributed by atoms with Gasteiger partial charge in [-0.2, -0.15) is 0 Å². The minimum atomic E-state index is -3.81. The number of para-hydroxylation sites is 1. The Kier molecular flexibility index (Phi) is 7.04. The molecule has 0 aliphatic rings. The molecule has 172 valence electrons. The number of fused-ring (bicyclic) bond motifs is 1. The van der Waals surface area contributed by atoms with Gasteiger partial charge in [0.05, 0.1) is 22.9 Å². The summed E-state index contributed by atoms with van der Waals surface area (Å²) in [5, 5.41) is 18.1. The summed E-state index contributed by atoms with van der Waals surface area (Å²) in [6.07, 6.45) is -1.70. The molecule has 3 atom stereocenters. The lowest BCUT2D eigenvalue weighted by atomic mass is 9.89. The van der Waals surface area contributed by atoms with Gasteiger partial charge >= 0.3 is 5.97 Å². The second-order valence-electron chi connectivity index (χ2n) is 8.23. The molecule has 3 rings (SSSR count). The van der Waals surface area contributed by atoms with Crippen LogP contribution in [-0.2, 0) is 9.36 Å². The molecule has 0 amide bonds. The van der Waals surface area contributed by atoms with Gasteiger partial charge in [0.25, 0.3) is 0 Å². The number of carboxylic acid groups (broad SMARTS) is 1. The summed E-state index contributed by atoms with van der Waals surface area (Å²) in [6, 6.07) is 11.9. The highest BCUT2D eigenvalue weighted by Crippen LogP contribution is 2.40. The van der Waals surface area contributed by atoms with E-state index in [9.17, 15) is 28.9 Å². The van der Waals surface area contributed by atoms with Crippen LogP contribution < -0.4 is 0 Å². The van der Waals surface area contributed by atoms with Crippen LogP contribution in [0.1, 0.15) is 43.4 Å². The van der Waals surface area contributed by atoms with Crippen LogP contribution in [-0.4, -0.2) is 37.3 Å². The van der Waals surface area contributed by atoms with Gasteiger partial charge < -0.3 is 15.1 Å². The second kappa shape index (κ2) is 9.44. The maximum Gasteiger partial charge on any atom is 0.334 e. The first-order chi connectivity index (χ1) is 15.5. The number of pyridine rings is 1. The first kappa shape index (κ1) is 24.6. The van der Waals surface area contributed by atoms with Crippen LogP contribution in [0.2, 0.25) is 0 Å². The fourth-order valence-corrected chi connectivity index (χ4v) is 4.50. The Hall–Kier alpha value is -3.04. The monoisotopic (exact) mass is 469 g/mol. The summed E-state index contributed by atoms with van der Waals surface area (Å²) < 4.78 is 26.0. The minimum Gasteiger partial charge on any atom is -0.480 e. The number of halogens is 1. The van der Waals surface area contributed by atoms with Crippen molar-refractivity contribution in [3.8, 4) is 23.1 Å². The van der Waals surface area contributed by atoms with Gasteiger partial charge in [0.1, 0.15) is 5.82 Å². The van der Waals surface area contributed by atoms with Gasteiger partial charge in [-0.25, -0.2) is 14.2 Å². The fraction of sp³-hybridized carbons (Fsp3) is 0.280. The number of hydrogen-bond acceptors (Lipinski definition) is 4. The van der Waals surface area contributed by atoms with Crippen molar-refractivity contribution in [3.63, 3.8) is 0 Å². The van der Waals surface area contributed by atoms with E-state index in [-0.39, 0.29) is 11.7 Å². The van der Waals surface area contributed by atoms with E-state index >= 15 is 0 Å². The molecular formula is C25H25FNO5P. The lowest BCUT2D eigenvalue weighted by molar-refractivity contribution is -0.141. The third-order valence-corrected chi connectivity index (χ3v) is 7.06. The summed E-state index contributed by atoms with van der Waals surface area (Å²) in [5.41, 5.74) is 3.18. The molecule has 1 heterocycles. The Balaban J connectivity index is 2.47. The van der Waals surface area contributed by atoms with Gasteiger partial charge in [-0.1, -0.05) is 43.9 Å². The topological polar surface area (TPSA) is 108 Å². The van der Waals surface area contributed by atoms with Gasteiger partial charge in [0, 0.05) is 10.9 Å². The van der Waals surface area contributed by atoms with Crippen LogP contribution in [0, 0.1) is 24.6 Å². The van der Waals surface area contributed by atoms with E-state index in [0.29, 0.717) is 27.9 Å². The van der Waals surface area contributed by atoms with Gasteiger partial charge in [-0.15, -0.1) is 0 Å². The number of nitrogens with zero attached hydrogens (tertiary/aromatic N) is 1. The summed E-state index contributed by atoms with van der Waals surface area (Å²) in [6.45, 7) is 6.63. The lowest BCUT2D eigenvalue weighted by Gasteiger charge is -2.23. The van der Waals surface area contributed by atoms with Crippen LogP contribution in [0.25, 0.3) is 22.2 Å². The number of benzene rings is 2. The van der Waals surface area contributed by atoms with Crippen LogP contribution in [0.3, 0.4) is 0 Å². The summed E-state index contributed by atoms with van der Waals surface area (Å²) >= 11 is 0. The molecule has 2 aromatic carbocycles. The third kappa shape index (κ3) is 4.43. The Morgan fingerprint density at radius 1 is 1.18 bits per heavy atom. The molecule has 3 aromatic rings. The molecule has 0 bridgehead atoms. The lowest BCUT2D eigenvalue weighted by Crippen LogP contribution is -2.43. The van der Waals surface area contributed by atoms with Crippen molar-refractivity contribution < 1.29 is 28.9 Å². The average Bonchev–Trinajstić information content (AvgIpc) is 2.74. The summed E-state index contributed by atoms with van der Waals surface area (Å²) in [7, 11) is -3.81. The number of aryl methyl sites for hydroxylation is 1. The van der Waals surface area contributed by atoms with Crippen molar-refractivity contribution in [2.24, 2.45) is 0 Å². The highest BCUT2D eigenvalue weighted by molar-refractivity contribution is 7.42. The van der Waals surface area contributed by atoms with E-state index in [1.54, 1.807) is 19.1 Å². The maximum atomic E-state index is 13.9. The number of aromatic nitrogens is 1. The van der Waals surface area contributed by atoms with Crippen molar-refractivity contribution in [2.75, 3.05) is 0 Å². The second-order valence-corrected chi connectivity index (χ2v) is 9.63. The van der Waals surface area contributed by atoms with Crippen LogP contribution in [0.4, 0.5) is 4.39 Å². The average molecular weight is 469 g/mol. The molecule has 0 fully saturated rings. The number of hydrogen-bond donors (Lipinski definition) is 3. The molecule has 1 aromatic heterocycles. The molecule has 0 aliphatic heterocycles. The Morgan fingerprint density at radius 2 is 1.85 bits per heavy atom. The zero-order valence-electron chi connectivity index (χ0n) is 18.7. The Labute approximate surface area is 192 Å². The maximum absolute atomic E-state index is 13.9. The van der Waals surface area contributed by atoms with Crippen LogP contribution >= 0.6 is 8.03 Å². The third-order valence-electron chi connectivity index (χ3n) is 5.63. The van der Waals surface area contributed by atoms with E-state index in [4.69, 9.17) is 4.98 Å². The predicted octanol–water partition coefficient (Wildman–Crippen LogP) is 4.50. The van der Waals surface area contributed by atoms with Gasteiger partial charge in [-0.05, 0) is 55.2 Å². The molecule has 33 heavy (non-hydrogen) atoms. The quantitative estimate of drug-likeness (QED) is 0.375. The highest BCUT2D eigenvalue weighted by Gasteiger charge is 2.48. The van der Waals surface area contributed by atoms with E-state index < -0.39 is 25.3 Å². The largest absolute Gasteiger partial charge is 0.480 e. The first-order valence-corrected chi connectivity index (χ1v) is 11.7. The molecular weight excluding hydrogens is 444 g/mol. The van der Waals surface area contributed by atoms with Crippen molar-refractivity contribution >= 4 is 24.9 Å². The smallest absolute Gasteiger partial charge is 0.334 e. The summed E-state index contributed by atoms with van der Waals surface area (Å²) in [5.74, 6) is 3.07. The molecule has 0 saturated carbocycles. The van der Waals surface area contributed by atoms with Crippen molar-refractivity contribution in [1.29, 1.82) is 0 Å². The number of carbonyl (C=O) groups is 1. The van der Waals surface area contributed by atoms with Crippen molar-refractivity contribution in [2.45, 2.75) is 44.9 Å². The molecule has 0 aliphatic carbocycles. The first-order valence-electron chi connectivity index (χ1n) is 10.4. The van der Waals surface area contributed by atoms with E-state index in [1.165, 1.54) is 6.07 Å².